The van der Waals surface area contributed by atoms with Gasteiger partial charge in [-0.1, -0.05) is 24.4 Å². The number of hydrogen-bond donors (Lipinski definition) is 1. The summed E-state index contributed by atoms with van der Waals surface area (Å²) in [6.07, 6.45) is 0. The van der Waals surface area contributed by atoms with Gasteiger partial charge in [0.05, 0.1) is 13.2 Å². The van der Waals surface area contributed by atoms with Crippen LogP contribution >= 0.6 is 12.2 Å². The maximum Gasteiger partial charge on any atom is 0.161 e. The molecule has 0 aliphatic carbocycles. The molecular weight excluding hydrogens is 338 g/mol. The van der Waals surface area contributed by atoms with Gasteiger partial charge >= 0.3 is 0 Å². The summed E-state index contributed by atoms with van der Waals surface area (Å²) >= 11 is 4.99. The molecule has 0 saturated carbocycles. The van der Waals surface area contributed by atoms with E-state index in [9.17, 15) is 0 Å². The lowest BCUT2D eigenvalue weighted by atomic mass is 10.2. The van der Waals surface area contributed by atoms with Crippen molar-refractivity contribution in [2.24, 2.45) is 5.73 Å². The fraction of sp³-hybridized carbons (Fsp3) is 0.316. The van der Waals surface area contributed by atoms with Crippen LogP contribution in [0, 0.1) is 0 Å². The zero-order valence-corrected chi connectivity index (χ0v) is 15.3. The molecule has 0 fully saturated rings. The first-order chi connectivity index (χ1) is 12.2. The Balaban J connectivity index is 1.94. The van der Waals surface area contributed by atoms with E-state index in [2.05, 4.69) is 0 Å². The lowest BCUT2D eigenvalue weighted by molar-refractivity contribution is 0.201. The minimum atomic E-state index is 0.323. The van der Waals surface area contributed by atoms with Gasteiger partial charge in [-0.25, -0.2) is 0 Å². The molecule has 0 spiro atoms. The molecule has 2 N–H and O–H groups in total. The molecule has 0 bridgehead atoms. The second-order valence-corrected chi connectivity index (χ2v) is 5.48. The zero-order chi connectivity index (χ0) is 18.1. The monoisotopic (exact) mass is 361 g/mol. The molecular formula is C19H23NO4S. The third-order valence-electron chi connectivity index (χ3n) is 3.28. The molecule has 0 amide bonds. The minimum Gasteiger partial charge on any atom is -0.490 e. The van der Waals surface area contributed by atoms with Crippen molar-refractivity contribution < 1.29 is 18.9 Å². The van der Waals surface area contributed by atoms with Gasteiger partial charge in [0.2, 0.25) is 0 Å². The number of ether oxygens (including phenoxy) is 4. The maximum atomic E-state index is 5.77. The first kappa shape index (κ1) is 18.9. The van der Waals surface area contributed by atoms with E-state index in [0.717, 1.165) is 11.3 Å². The van der Waals surface area contributed by atoms with Crippen molar-refractivity contribution in [1.82, 2.24) is 0 Å². The summed E-state index contributed by atoms with van der Waals surface area (Å²) in [6, 6.07) is 13.0. The lowest BCUT2D eigenvalue weighted by Crippen LogP contribution is -2.12. The van der Waals surface area contributed by atoms with Gasteiger partial charge in [0.25, 0.3) is 0 Å². The second kappa shape index (κ2) is 9.74. The highest BCUT2D eigenvalue weighted by Gasteiger charge is 2.09. The van der Waals surface area contributed by atoms with Crippen molar-refractivity contribution in [2.75, 3.05) is 26.4 Å². The largest absolute Gasteiger partial charge is 0.490 e. The van der Waals surface area contributed by atoms with E-state index in [1.807, 2.05) is 44.2 Å². The van der Waals surface area contributed by atoms with Gasteiger partial charge in [0.1, 0.15) is 18.2 Å². The Hall–Kier alpha value is -2.47. The molecule has 0 heterocycles. The van der Waals surface area contributed by atoms with E-state index >= 15 is 0 Å². The molecule has 25 heavy (non-hydrogen) atoms. The number of para-hydroxylation sites is 2. The van der Waals surface area contributed by atoms with Gasteiger partial charge in [-0.2, -0.15) is 0 Å². The van der Waals surface area contributed by atoms with E-state index in [1.54, 1.807) is 12.1 Å². The summed E-state index contributed by atoms with van der Waals surface area (Å²) in [6.45, 7) is 5.70. The quantitative estimate of drug-likeness (QED) is 0.515. The molecule has 0 radical (unpaired) electrons. The molecule has 5 nitrogen and oxygen atoms in total. The van der Waals surface area contributed by atoms with Crippen LogP contribution in [0.25, 0.3) is 0 Å². The van der Waals surface area contributed by atoms with Gasteiger partial charge in [0, 0.05) is 5.56 Å². The SMILES string of the molecule is CCOc1ccccc1OCCOc1ccc(C(N)=S)cc1OCC. The summed E-state index contributed by atoms with van der Waals surface area (Å²) in [5, 5.41) is 0. The summed E-state index contributed by atoms with van der Waals surface area (Å²) in [5.74, 6) is 2.66. The summed E-state index contributed by atoms with van der Waals surface area (Å²) in [7, 11) is 0. The molecule has 134 valence electrons. The number of hydrogen-bond acceptors (Lipinski definition) is 5. The van der Waals surface area contributed by atoms with E-state index < -0.39 is 0 Å². The molecule has 6 heteroatoms. The van der Waals surface area contributed by atoms with Gasteiger partial charge in [0.15, 0.2) is 23.0 Å². The van der Waals surface area contributed by atoms with E-state index in [-0.39, 0.29) is 0 Å². The smallest absolute Gasteiger partial charge is 0.161 e. The first-order valence-electron chi connectivity index (χ1n) is 8.19. The van der Waals surface area contributed by atoms with Crippen molar-refractivity contribution in [3.05, 3.63) is 48.0 Å². The normalized spacial score (nSPS) is 10.2. The molecule has 0 aliphatic heterocycles. The Morgan fingerprint density at radius 3 is 1.88 bits per heavy atom. The van der Waals surface area contributed by atoms with Crippen LogP contribution in [0.1, 0.15) is 19.4 Å². The van der Waals surface area contributed by atoms with Gasteiger partial charge in [-0.05, 0) is 44.2 Å². The number of rotatable bonds is 10. The molecule has 0 saturated heterocycles. The Bertz CT molecular complexity index is 706. The second-order valence-electron chi connectivity index (χ2n) is 5.04. The first-order valence-corrected chi connectivity index (χ1v) is 8.60. The van der Waals surface area contributed by atoms with Gasteiger partial charge in [-0.3, -0.25) is 0 Å². The third kappa shape index (κ3) is 5.53. The Morgan fingerprint density at radius 1 is 0.800 bits per heavy atom. The zero-order valence-electron chi connectivity index (χ0n) is 14.5. The Morgan fingerprint density at radius 2 is 1.32 bits per heavy atom. The van der Waals surface area contributed by atoms with Crippen molar-refractivity contribution in [2.45, 2.75) is 13.8 Å². The Labute approximate surface area is 153 Å². The maximum absolute atomic E-state index is 5.77. The highest BCUT2D eigenvalue weighted by Crippen LogP contribution is 2.29. The van der Waals surface area contributed by atoms with E-state index in [0.29, 0.717) is 48.7 Å². The minimum absolute atomic E-state index is 0.323. The third-order valence-corrected chi connectivity index (χ3v) is 3.51. The van der Waals surface area contributed by atoms with Crippen LogP contribution in [0.2, 0.25) is 0 Å². The predicted octanol–water partition coefficient (Wildman–Crippen LogP) is 3.58. The molecule has 2 aromatic carbocycles. The molecule has 0 aliphatic rings. The topological polar surface area (TPSA) is 62.9 Å². The molecule has 2 rings (SSSR count). The summed E-state index contributed by atoms with van der Waals surface area (Å²) < 4.78 is 22.6. The van der Waals surface area contributed by atoms with Crippen LogP contribution in [0.3, 0.4) is 0 Å². The average molecular weight is 361 g/mol. The van der Waals surface area contributed by atoms with E-state index in [4.69, 9.17) is 36.9 Å². The number of nitrogens with two attached hydrogens (primary N) is 1. The lowest BCUT2D eigenvalue weighted by Gasteiger charge is -2.14. The highest BCUT2D eigenvalue weighted by molar-refractivity contribution is 7.80. The molecule has 0 unspecified atom stereocenters. The van der Waals surface area contributed by atoms with Crippen molar-refractivity contribution >= 4 is 17.2 Å². The average Bonchev–Trinajstić information content (AvgIpc) is 2.61. The van der Waals surface area contributed by atoms with Gasteiger partial charge < -0.3 is 24.7 Å². The predicted molar refractivity (Wildman–Crippen MR) is 102 cm³/mol. The van der Waals surface area contributed by atoms with E-state index in [1.165, 1.54) is 0 Å². The molecule has 0 aromatic heterocycles. The fourth-order valence-electron chi connectivity index (χ4n) is 2.20. The number of thiocarbonyl (C=S) groups is 1. The van der Waals surface area contributed by atoms with Crippen molar-refractivity contribution in [3.63, 3.8) is 0 Å². The van der Waals surface area contributed by atoms with Gasteiger partial charge in [-0.15, -0.1) is 0 Å². The van der Waals surface area contributed by atoms with Crippen LogP contribution in [0.4, 0.5) is 0 Å². The summed E-state index contributed by atoms with van der Waals surface area (Å²) in [5.41, 5.74) is 6.40. The van der Waals surface area contributed by atoms with Crippen LogP contribution in [0.5, 0.6) is 23.0 Å². The molecule has 2 aromatic rings. The molecule has 0 atom stereocenters. The van der Waals surface area contributed by atoms with Crippen molar-refractivity contribution in [3.8, 4) is 23.0 Å². The van der Waals surface area contributed by atoms with Crippen LogP contribution in [0.15, 0.2) is 42.5 Å². The highest BCUT2D eigenvalue weighted by atomic mass is 32.1. The standard InChI is InChI=1S/C19H23NO4S/c1-3-21-15-7-5-6-8-16(15)23-11-12-24-17-10-9-14(19(20)25)13-18(17)22-4-2/h5-10,13H,3-4,11-12H2,1-2H3,(H2,20,25). The summed E-state index contributed by atoms with van der Waals surface area (Å²) in [4.78, 5) is 0.323. The fourth-order valence-corrected chi connectivity index (χ4v) is 2.32. The van der Waals surface area contributed by atoms with Crippen LogP contribution in [-0.4, -0.2) is 31.4 Å². The van der Waals surface area contributed by atoms with Crippen LogP contribution < -0.4 is 24.7 Å². The number of benzene rings is 2. The van der Waals surface area contributed by atoms with Crippen LogP contribution in [-0.2, 0) is 0 Å². The Kier molecular flexibility index (Phi) is 7.35. The van der Waals surface area contributed by atoms with Crippen molar-refractivity contribution in [1.29, 1.82) is 0 Å².